The molecule has 0 unspecified atom stereocenters. The molecular formula is C14H22N2O4S. The Morgan fingerprint density at radius 3 is 2.67 bits per heavy atom. The van der Waals surface area contributed by atoms with Crippen molar-refractivity contribution in [3.8, 4) is 0 Å². The first-order valence-corrected chi connectivity index (χ1v) is 8.48. The maximum absolute atomic E-state index is 12.0. The normalized spacial score (nSPS) is 11.6. The lowest BCUT2D eigenvalue weighted by molar-refractivity contribution is -0.116. The highest BCUT2D eigenvalue weighted by Gasteiger charge is 2.19. The van der Waals surface area contributed by atoms with Crippen molar-refractivity contribution in [1.82, 2.24) is 4.31 Å². The maximum Gasteiger partial charge on any atom is 0.239 e. The van der Waals surface area contributed by atoms with Gasteiger partial charge in [-0.05, 0) is 31.0 Å². The van der Waals surface area contributed by atoms with E-state index >= 15 is 0 Å². The van der Waals surface area contributed by atoms with Crippen LogP contribution in [0.1, 0.15) is 12.0 Å². The number of methoxy groups -OCH3 is 1. The second kappa shape index (κ2) is 8.11. The van der Waals surface area contributed by atoms with Gasteiger partial charge in [-0.25, -0.2) is 8.42 Å². The van der Waals surface area contributed by atoms with Crippen LogP contribution in [0.25, 0.3) is 0 Å². The van der Waals surface area contributed by atoms with Crippen LogP contribution in [0.4, 0.5) is 5.69 Å². The summed E-state index contributed by atoms with van der Waals surface area (Å²) in [5.41, 5.74) is 1.68. The number of rotatable bonds is 8. The Kier molecular flexibility index (Phi) is 6.80. The number of amides is 1. The number of carbonyl (C=O) groups is 1. The number of aryl methyl sites for hydroxylation is 1. The van der Waals surface area contributed by atoms with Gasteiger partial charge in [-0.2, -0.15) is 4.31 Å². The van der Waals surface area contributed by atoms with Crippen LogP contribution < -0.4 is 5.32 Å². The lowest BCUT2D eigenvalue weighted by Crippen LogP contribution is -2.38. The fraction of sp³-hybridized carbons (Fsp3) is 0.500. The maximum atomic E-state index is 12.0. The van der Waals surface area contributed by atoms with Gasteiger partial charge in [0, 0.05) is 25.9 Å². The van der Waals surface area contributed by atoms with Gasteiger partial charge in [0.25, 0.3) is 0 Å². The van der Waals surface area contributed by atoms with E-state index in [0.29, 0.717) is 18.7 Å². The largest absolute Gasteiger partial charge is 0.385 e. The monoisotopic (exact) mass is 314 g/mol. The molecule has 0 atom stereocenters. The summed E-state index contributed by atoms with van der Waals surface area (Å²) >= 11 is 0. The minimum atomic E-state index is -3.42. The molecule has 7 heteroatoms. The summed E-state index contributed by atoms with van der Waals surface area (Å²) in [6, 6.07) is 7.34. The van der Waals surface area contributed by atoms with Gasteiger partial charge in [-0.3, -0.25) is 4.79 Å². The molecule has 0 heterocycles. The zero-order chi connectivity index (χ0) is 15.9. The summed E-state index contributed by atoms with van der Waals surface area (Å²) in [7, 11) is -1.87. The molecule has 1 rings (SSSR count). The summed E-state index contributed by atoms with van der Waals surface area (Å²) in [4.78, 5) is 12.0. The third kappa shape index (κ3) is 6.70. The van der Waals surface area contributed by atoms with Crippen molar-refractivity contribution in [3.63, 3.8) is 0 Å². The van der Waals surface area contributed by atoms with Crippen molar-refractivity contribution >= 4 is 21.6 Å². The summed E-state index contributed by atoms with van der Waals surface area (Å²) in [5.74, 6) is -0.358. The molecule has 1 aromatic carbocycles. The predicted molar refractivity (Wildman–Crippen MR) is 82.7 cm³/mol. The van der Waals surface area contributed by atoms with E-state index in [-0.39, 0.29) is 19.0 Å². The van der Waals surface area contributed by atoms with Crippen LogP contribution in [0.2, 0.25) is 0 Å². The molecule has 0 aromatic heterocycles. The Hall–Kier alpha value is -1.44. The van der Waals surface area contributed by atoms with Crippen molar-refractivity contribution in [2.75, 3.05) is 38.4 Å². The third-order valence-corrected chi connectivity index (χ3v) is 4.10. The Morgan fingerprint density at radius 2 is 2.10 bits per heavy atom. The van der Waals surface area contributed by atoms with Crippen LogP contribution in [0, 0.1) is 6.92 Å². The number of sulfonamides is 1. The summed E-state index contributed by atoms with van der Waals surface area (Å²) in [6.45, 7) is 2.43. The smallest absolute Gasteiger partial charge is 0.239 e. The molecule has 1 N–H and O–H groups in total. The first kappa shape index (κ1) is 17.6. The molecule has 0 saturated carbocycles. The number of anilines is 1. The van der Waals surface area contributed by atoms with E-state index in [1.54, 1.807) is 13.2 Å². The Labute approximate surface area is 126 Å². The molecule has 0 radical (unpaired) electrons. The molecule has 0 spiro atoms. The van der Waals surface area contributed by atoms with Crippen molar-refractivity contribution < 1.29 is 17.9 Å². The van der Waals surface area contributed by atoms with Crippen LogP contribution in [0.15, 0.2) is 24.3 Å². The predicted octanol–water partition coefficient (Wildman–Crippen LogP) is 1.23. The third-order valence-electron chi connectivity index (χ3n) is 2.85. The highest BCUT2D eigenvalue weighted by Crippen LogP contribution is 2.10. The quantitative estimate of drug-likeness (QED) is 0.732. The lowest BCUT2D eigenvalue weighted by Gasteiger charge is -2.19. The number of hydrogen-bond donors (Lipinski definition) is 1. The number of hydrogen-bond acceptors (Lipinski definition) is 4. The number of benzene rings is 1. The molecule has 0 saturated heterocycles. The van der Waals surface area contributed by atoms with Gasteiger partial charge in [-0.1, -0.05) is 12.1 Å². The Bertz CT molecular complexity index is 572. The number of nitrogens with zero attached hydrogens (tertiary/aromatic N) is 1. The standard InChI is InChI=1S/C14H22N2O4S/c1-12-6-4-7-13(10-12)15-14(17)11-16(21(3,18)19)8-5-9-20-2/h4,6-7,10H,5,8-9,11H2,1-3H3,(H,15,17). The van der Waals surface area contributed by atoms with Gasteiger partial charge in [0.2, 0.25) is 15.9 Å². The van der Waals surface area contributed by atoms with Crippen LogP contribution in [-0.2, 0) is 19.6 Å². The molecule has 0 bridgehead atoms. The van der Waals surface area contributed by atoms with Crippen molar-refractivity contribution in [3.05, 3.63) is 29.8 Å². The molecule has 118 valence electrons. The van der Waals surface area contributed by atoms with Crippen LogP contribution in [0.5, 0.6) is 0 Å². The zero-order valence-electron chi connectivity index (χ0n) is 12.6. The summed E-state index contributed by atoms with van der Waals surface area (Å²) in [6.07, 6.45) is 1.64. The average Bonchev–Trinajstić information content (AvgIpc) is 2.36. The second-order valence-electron chi connectivity index (χ2n) is 4.86. The summed E-state index contributed by atoms with van der Waals surface area (Å²) in [5, 5.41) is 2.70. The van der Waals surface area contributed by atoms with Gasteiger partial charge < -0.3 is 10.1 Å². The van der Waals surface area contributed by atoms with Crippen LogP contribution >= 0.6 is 0 Å². The zero-order valence-corrected chi connectivity index (χ0v) is 13.4. The number of nitrogens with one attached hydrogen (secondary N) is 1. The SMILES string of the molecule is COCCCN(CC(=O)Nc1cccc(C)c1)S(C)(=O)=O. The molecule has 1 aromatic rings. The second-order valence-corrected chi connectivity index (χ2v) is 6.84. The highest BCUT2D eigenvalue weighted by atomic mass is 32.2. The van der Waals surface area contributed by atoms with E-state index in [1.165, 1.54) is 0 Å². The van der Waals surface area contributed by atoms with Crippen molar-refractivity contribution in [2.45, 2.75) is 13.3 Å². The molecule has 0 aliphatic heterocycles. The Morgan fingerprint density at radius 1 is 1.38 bits per heavy atom. The lowest BCUT2D eigenvalue weighted by atomic mass is 10.2. The van der Waals surface area contributed by atoms with Gasteiger partial charge in [-0.15, -0.1) is 0 Å². The van der Waals surface area contributed by atoms with Gasteiger partial charge in [0.1, 0.15) is 0 Å². The van der Waals surface area contributed by atoms with E-state index in [2.05, 4.69) is 5.32 Å². The highest BCUT2D eigenvalue weighted by molar-refractivity contribution is 7.88. The molecule has 0 aliphatic rings. The van der Waals surface area contributed by atoms with Crippen molar-refractivity contribution in [2.24, 2.45) is 0 Å². The van der Waals surface area contributed by atoms with Gasteiger partial charge in [0.05, 0.1) is 12.8 Å². The first-order chi connectivity index (χ1) is 9.82. The molecular weight excluding hydrogens is 292 g/mol. The van der Waals surface area contributed by atoms with E-state index in [1.807, 2.05) is 25.1 Å². The molecule has 21 heavy (non-hydrogen) atoms. The van der Waals surface area contributed by atoms with E-state index in [9.17, 15) is 13.2 Å². The molecule has 6 nitrogen and oxygen atoms in total. The molecule has 0 aliphatic carbocycles. The molecule has 1 amide bonds. The minimum Gasteiger partial charge on any atom is -0.385 e. The molecule has 0 fully saturated rings. The fourth-order valence-electron chi connectivity index (χ4n) is 1.83. The van der Waals surface area contributed by atoms with Crippen molar-refractivity contribution in [1.29, 1.82) is 0 Å². The van der Waals surface area contributed by atoms with Crippen LogP contribution in [0.3, 0.4) is 0 Å². The van der Waals surface area contributed by atoms with Crippen LogP contribution in [-0.4, -0.2) is 51.7 Å². The van der Waals surface area contributed by atoms with E-state index in [4.69, 9.17) is 4.74 Å². The summed E-state index contributed by atoms with van der Waals surface area (Å²) < 4.78 is 29.4. The Balaban J connectivity index is 2.63. The number of carbonyl (C=O) groups excluding carboxylic acids is 1. The van der Waals surface area contributed by atoms with Gasteiger partial charge in [0.15, 0.2) is 0 Å². The van der Waals surface area contributed by atoms with E-state index in [0.717, 1.165) is 16.1 Å². The average molecular weight is 314 g/mol. The number of ether oxygens (including phenoxy) is 1. The van der Waals surface area contributed by atoms with E-state index < -0.39 is 10.0 Å². The minimum absolute atomic E-state index is 0.198. The van der Waals surface area contributed by atoms with Gasteiger partial charge >= 0.3 is 0 Å². The first-order valence-electron chi connectivity index (χ1n) is 6.63. The topological polar surface area (TPSA) is 75.7 Å². The fourth-order valence-corrected chi connectivity index (χ4v) is 2.64.